The van der Waals surface area contributed by atoms with E-state index in [1.165, 1.54) is 6.08 Å². The standard InChI is InChI=1S/C8H14O2S/c1-4-8(11(9)10)6-5-7(2)3/h4,6-7,11H,1,5H2,2-3H3/b8-6+. The van der Waals surface area contributed by atoms with Gasteiger partial charge in [-0.3, -0.25) is 0 Å². The van der Waals surface area contributed by atoms with Crippen molar-refractivity contribution in [2.45, 2.75) is 20.3 Å². The molecule has 0 atom stereocenters. The summed E-state index contributed by atoms with van der Waals surface area (Å²) in [5.74, 6) is 0.486. The van der Waals surface area contributed by atoms with Gasteiger partial charge >= 0.3 is 0 Å². The fraction of sp³-hybridized carbons (Fsp3) is 0.500. The molecular weight excluding hydrogens is 160 g/mol. The molecule has 0 aromatic carbocycles. The maximum absolute atomic E-state index is 10.4. The summed E-state index contributed by atoms with van der Waals surface area (Å²) >= 11 is 0. The van der Waals surface area contributed by atoms with Gasteiger partial charge in [0.2, 0.25) is 0 Å². The van der Waals surface area contributed by atoms with Crippen molar-refractivity contribution in [3.8, 4) is 0 Å². The van der Waals surface area contributed by atoms with Gasteiger partial charge in [-0.2, -0.15) is 0 Å². The molecule has 0 amide bonds. The fourth-order valence-electron chi connectivity index (χ4n) is 0.589. The second kappa shape index (κ2) is 5.13. The van der Waals surface area contributed by atoms with Gasteiger partial charge < -0.3 is 0 Å². The summed E-state index contributed by atoms with van der Waals surface area (Å²) < 4.78 is 20.9. The monoisotopic (exact) mass is 174 g/mol. The number of thiol groups is 1. The molecule has 11 heavy (non-hydrogen) atoms. The zero-order chi connectivity index (χ0) is 8.85. The second-order valence-electron chi connectivity index (χ2n) is 2.72. The Balaban J connectivity index is 4.25. The first kappa shape index (κ1) is 10.4. The minimum atomic E-state index is -2.45. The lowest BCUT2D eigenvalue weighted by atomic mass is 10.1. The molecule has 0 aliphatic carbocycles. The van der Waals surface area contributed by atoms with Crippen LogP contribution < -0.4 is 0 Å². The van der Waals surface area contributed by atoms with Gasteiger partial charge in [0.05, 0.1) is 4.91 Å². The van der Waals surface area contributed by atoms with Gasteiger partial charge in [-0.25, -0.2) is 8.42 Å². The second-order valence-corrected chi connectivity index (χ2v) is 3.75. The molecule has 0 heterocycles. The highest BCUT2D eigenvalue weighted by molar-refractivity contribution is 7.77. The van der Waals surface area contributed by atoms with E-state index in [9.17, 15) is 8.42 Å². The minimum Gasteiger partial charge on any atom is -0.227 e. The molecule has 0 saturated carbocycles. The van der Waals surface area contributed by atoms with Gasteiger partial charge in [-0.15, -0.1) is 0 Å². The number of allylic oxidation sites excluding steroid dienone is 2. The molecule has 0 aromatic heterocycles. The van der Waals surface area contributed by atoms with E-state index in [-0.39, 0.29) is 0 Å². The molecule has 0 saturated heterocycles. The molecule has 0 spiro atoms. The average molecular weight is 174 g/mol. The minimum absolute atomic E-state index is 0.328. The molecular formula is C8H14O2S. The first-order valence-corrected chi connectivity index (χ1v) is 4.72. The van der Waals surface area contributed by atoms with Crippen LogP contribution in [0.4, 0.5) is 0 Å². The third-order valence-corrected chi connectivity index (χ3v) is 2.01. The van der Waals surface area contributed by atoms with Gasteiger partial charge in [0, 0.05) is 0 Å². The van der Waals surface area contributed by atoms with Crippen molar-refractivity contribution in [3.63, 3.8) is 0 Å². The van der Waals surface area contributed by atoms with Crippen LogP contribution in [0.5, 0.6) is 0 Å². The molecule has 0 N–H and O–H groups in total. The Hall–Kier alpha value is -0.570. The molecule has 0 aliphatic heterocycles. The average Bonchev–Trinajstić information content (AvgIpc) is 1.87. The van der Waals surface area contributed by atoms with Crippen LogP contribution >= 0.6 is 0 Å². The predicted octanol–water partition coefficient (Wildman–Crippen LogP) is 1.71. The van der Waals surface area contributed by atoms with Crippen molar-refractivity contribution in [3.05, 3.63) is 23.6 Å². The van der Waals surface area contributed by atoms with Crippen LogP contribution in [0.1, 0.15) is 20.3 Å². The lowest BCUT2D eigenvalue weighted by Gasteiger charge is -1.97. The highest BCUT2D eigenvalue weighted by Gasteiger charge is 1.94. The molecule has 3 heteroatoms. The Labute approximate surface area is 69.6 Å². The normalized spacial score (nSPS) is 12.5. The zero-order valence-electron chi connectivity index (χ0n) is 6.91. The Morgan fingerprint density at radius 1 is 1.55 bits per heavy atom. The molecule has 0 fully saturated rings. The van der Waals surface area contributed by atoms with Crippen molar-refractivity contribution >= 4 is 10.7 Å². The molecule has 0 aromatic rings. The molecule has 0 radical (unpaired) electrons. The summed E-state index contributed by atoms with van der Waals surface area (Å²) in [7, 11) is -2.45. The van der Waals surface area contributed by atoms with Crippen LogP contribution in [0, 0.1) is 5.92 Å². The SMILES string of the molecule is C=C/C(=C\CC(C)C)[SH](=O)=O. The van der Waals surface area contributed by atoms with Crippen LogP contribution in [-0.2, 0) is 10.7 Å². The third-order valence-electron chi connectivity index (χ3n) is 1.22. The van der Waals surface area contributed by atoms with Gasteiger partial charge in [0.25, 0.3) is 0 Å². The van der Waals surface area contributed by atoms with Crippen molar-refractivity contribution in [2.24, 2.45) is 5.92 Å². The summed E-state index contributed by atoms with van der Waals surface area (Å²) in [5.41, 5.74) is 0. The summed E-state index contributed by atoms with van der Waals surface area (Å²) in [4.78, 5) is 0.328. The van der Waals surface area contributed by atoms with Crippen LogP contribution in [0.15, 0.2) is 23.6 Å². The maximum Gasteiger partial charge on any atom is 0.167 e. The van der Waals surface area contributed by atoms with Crippen LogP contribution in [0.25, 0.3) is 0 Å². The number of hydrogen-bond donors (Lipinski definition) is 1. The van der Waals surface area contributed by atoms with E-state index in [0.29, 0.717) is 10.8 Å². The van der Waals surface area contributed by atoms with Crippen LogP contribution in [0.2, 0.25) is 0 Å². The summed E-state index contributed by atoms with van der Waals surface area (Å²) in [5, 5.41) is 0. The summed E-state index contributed by atoms with van der Waals surface area (Å²) in [6, 6.07) is 0. The Morgan fingerprint density at radius 2 is 2.09 bits per heavy atom. The van der Waals surface area contributed by atoms with Gasteiger partial charge in [-0.1, -0.05) is 32.6 Å². The lowest BCUT2D eigenvalue weighted by Crippen LogP contribution is -1.86. The molecule has 0 bridgehead atoms. The van der Waals surface area contributed by atoms with E-state index in [0.717, 1.165) is 6.42 Å². The van der Waals surface area contributed by atoms with E-state index < -0.39 is 10.7 Å². The summed E-state index contributed by atoms with van der Waals surface area (Å²) in [6.45, 7) is 7.48. The molecule has 0 aliphatic rings. The number of hydrogen-bond acceptors (Lipinski definition) is 2. The van der Waals surface area contributed by atoms with Crippen LogP contribution in [0.3, 0.4) is 0 Å². The van der Waals surface area contributed by atoms with E-state index in [1.807, 2.05) is 13.8 Å². The lowest BCUT2D eigenvalue weighted by molar-refractivity contribution is 0.619. The van der Waals surface area contributed by atoms with Gasteiger partial charge in [-0.05, 0) is 12.3 Å². The van der Waals surface area contributed by atoms with E-state index in [4.69, 9.17) is 0 Å². The topological polar surface area (TPSA) is 34.1 Å². The Morgan fingerprint density at radius 3 is 2.36 bits per heavy atom. The largest absolute Gasteiger partial charge is 0.227 e. The highest BCUT2D eigenvalue weighted by atomic mass is 32.2. The van der Waals surface area contributed by atoms with Crippen molar-refractivity contribution < 1.29 is 8.42 Å². The highest BCUT2D eigenvalue weighted by Crippen LogP contribution is 2.05. The number of rotatable bonds is 4. The van der Waals surface area contributed by atoms with E-state index in [1.54, 1.807) is 6.08 Å². The summed E-state index contributed by atoms with van der Waals surface area (Å²) in [6.07, 6.45) is 3.85. The smallest absolute Gasteiger partial charge is 0.167 e. The fourth-order valence-corrected chi connectivity index (χ4v) is 0.992. The predicted molar refractivity (Wildman–Crippen MR) is 48.0 cm³/mol. The maximum atomic E-state index is 10.4. The molecule has 0 rings (SSSR count). The van der Waals surface area contributed by atoms with E-state index in [2.05, 4.69) is 6.58 Å². The van der Waals surface area contributed by atoms with Crippen molar-refractivity contribution in [1.29, 1.82) is 0 Å². The zero-order valence-corrected chi connectivity index (χ0v) is 7.80. The first-order chi connectivity index (χ1) is 5.07. The van der Waals surface area contributed by atoms with Gasteiger partial charge in [0.15, 0.2) is 10.7 Å². The van der Waals surface area contributed by atoms with Crippen molar-refractivity contribution in [2.75, 3.05) is 0 Å². The molecule has 64 valence electrons. The Kier molecular flexibility index (Phi) is 4.86. The third kappa shape index (κ3) is 4.79. The first-order valence-electron chi connectivity index (χ1n) is 3.55. The van der Waals surface area contributed by atoms with Crippen LogP contribution in [-0.4, -0.2) is 8.42 Å². The van der Waals surface area contributed by atoms with E-state index >= 15 is 0 Å². The molecule has 0 unspecified atom stereocenters. The van der Waals surface area contributed by atoms with Crippen molar-refractivity contribution in [1.82, 2.24) is 0 Å². The molecule has 2 nitrogen and oxygen atoms in total. The van der Waals surface area contributed by atoms with Gasteiger partial charge in [0.1, 0.15) is 0 Å². The quantitative estimate of drug-likeness (QED) is 0.520. The Bertz CT molecular complexity index is 216.